The number of rotatable bonds is 5. The molecule has 0 radical (unpaired) electrons. The first-order chi connectivity index (χ1) is 28.3. The summed E-state index contributed by atoms with van der Waals surface area (Å²) in [6.45, 7) is 0. The Bertz CT molecular complexity index is 3510. The maximum absolute atomic E-state index is 6.44. The van der Waals surface area contributed by atoms with E-state index >= 15 is 0 Å². The fourth-order valence-electron chi connectivity index (χ4n) is 8.66. The lowest BCUT2D eigenvalue weighted by atomic mass is 10.1. The van der Waals surface area contributed by atoms with Gasteiger partial charge in [-0.25, -0.2) is 15.0 Å². The van der Waals surface area contributed by atoms with Crippen LogP contribution in [0.2, 0.25) is 0 Å². The maximum atomic E-state index is 6.44. The van der Waals surface area contributed by atoms with Gasteiger partial charge in [0.1, 0.15) is 11.2 Å². The molecule has 4 heterocycles. The van der Waals surface area contributed by atoms with Crippen LogP contribution in [0.15, 0.2) is 192 Å². The molecule has 0 spiro atoms. The minimum atomic E-state index is 0.562. The van der Waals surface area contributed by atoms with Gasteiger partial charge in [-0.05, 0) is 66.7 Å². The summed E-state index contributed by atoms with van der Waals surface area (Å²) in [6, 6.07) is 65.6. The van der Waals surface area contributed by atoms with Crippen molar-refractivity contribution in [1.29, 1.82) is 0 Å². The number of benzene rings is 8. The van der Waals surface area contributed by atoms with Crippen molar-refractivity contribution >= 4 is 65.6 Å². The summed E-state index contributed by atoms with van der Waals surface area (Å²) >= 11 is 0. The average molecular weight is 730 g/mol. The highest BCUT2D eigenvalue weighted by Crippen LogP contribution is 2.42. The quantitative estimate of drug-likeness (QED) is 0.177. The minimum Gasteiger partial charge on any atom is -0.455 e. The molecule has 57 heavy (non-hydrogen) atoms. The second-order valence-corrected chi connectivity index (χ2v) is 14.4. The molecule has 6 nitrogen and oxygen atoms in total. The van der Waals surface area contributed by atoms with Crippen molar-refractivity contribution < 1.29 is 4.42 Å². The normalized spacial score (nSPS) is 11.9. The van der Waals surface area contributed by atoms with Crippen LogP contribution in [-0.2, 0) is 0 Å². The van der Waals surface area contributed by atoms with E-state index in [1.165, 1.54) is 38.1 Å². The highest BCUT2D eigenvalue weighted by atomic mass is 16.3. The van der Waals surface area contributed by atoms with E-state index in [9.17, 15) is 0 Å². The largest absolute Gasteiger partial charge is 0.455 e. The molecule has 0 saturated carbocycles. The molecular weight excluding hydrogens is 699 g/mol. The van der Waals surface area contributed by atoms with Crippen molar-refractivity contribution in [1.82, 2.24) is 24.1 Å². The number of furan rings is 1. The second-order valence-electron chi connectivity index (χ2n) is 14.4. The monoisotopic (exact) mass is 729 g/mol. The van der Waals surface area contributed by atoms with Crippen LogP contribution >= 0.6 is 0 Å². The number of nitrogens with zero attached hydrogens (tertiary/aromatic N) is 5. The molecule has 0 aliphatic heterocycles. The molecule has 12 aromatic rings. The third kappa shape index (κ3) is 4.81. The third-order valence-corrected chi connectivity index (χ3v) is 11.2. The number of hydrogen-bond acceptors (Lipinski definition) is 4. The van der Waals surface area contributed by atoms with Gasteiger partial charge in [0.15, 0.2) is 17.5 Å². The Morgan fingerprint density at radius 2 is 0.930 bits per heavy atom. The molecule has 4 aromatic heterocycles. The Kier molecular flexibility index (Phi) is 6.83. The Morgan fingerprint density at radius 1 is 0.351 bits per heavy atom. The number of aromatic nitrogens is 5. The highest BCUT2D eigenvalue weighted by molar-refractivity contribution is 6.26. The van der Waals surface area contributed by atoms with E-state index in [4.69, 9.17) is 19.4 Å². The SMILES string of the molecule is c1ccc(-c2nc(-c3ccc(-n4c5ccccc5c5ccc6c(c7ccccc7n6-c6ccccc6)c54)cc3)nc(-c3cccc4c3oc3ccccc34)n2)cc1. The van der Waals surface area contributed by atoms with E-state index in [-0.39, 0.29) is 0 Å². The zero-order valence-electron chi connectivity index (χ0n) is 30.5. The summed E-state index contributed by atoms with van der Waals surface area (Å²) in [7, 11) is 0. The zero-order valence-corrected chi connectivity index (χ0v) is 30.5. The van der Waals surface area contributed by atoms with E-state index in [0.29, 0.717) is 17.5 Å². The Balaban J connectivity index is 1.07. The van der Waals surface area contributed by atoms with Gasteiger partial charge in [-0.15, -0.1) is 0 Å². The first kappa shape index (κ1) is 31.5. The lowest BCUT2D eigenvalue weighted by molar-refractivity contribution is 0.669. The van der Waals surface area contributed by atoms with Crippen molar-refractivity contribution in [2.75, 3.05) is 0 Å². The predicted octanol–water partition coefficient (Wildman–Crippen LogP) is 13.0. The van der Waals surface area contributed by atoms with Gasteiger partial charge in [0.25, 0.3) is 0 Å². The molecule has 12 rings (SSSR count). The highest BCUT2D eigenvalue weighted by Gasteiger charge is 2.22. The molecule has 6 heteroatoms. The van der Waals surface area contributed by atoms with Gasteiger partial charge in [-0.2, -0.15) is 0 Å². The van der Waals surface area contributed by atoms with Crippen LogP contribution in [0.3, 0.4) is 0 Å². The van der Waals surface area contributed by atoms with Gasteiger partial charge in [0.2, 0.25) is 0 Å². The Labute approximate surface area is 326 Å². The van der Waals surface area contributed by atoms with E-state index in [0.717, 1.165) is 55.5 Å². The number of hydrogen-bond donors (Lipinski definition) is 0. The molecule has 0 saturated heterocycles. The van der Waals surface area contributed by atoms with Crippen LogP contribution in [-0.4, -0.2) is 24.1 Å². The average Bonchev–Trinajstić information content (AvgIpc) is 3.95. The van der Waals surface area contributed by atoms with E-state index < -0.39 is 0 Å². The predicted molar refractivity (Wildman–Crippen MR) is 232 cm³/mol. The van der Waals surface area contributed by atoms with Crippen LogP contribution in [0.1, 0.15) is 0 Å². The molecule has 0 amide bonds. The molecular formula is C51H31N5O. The van der Waals surface area contributed by atoms with Crippen molar-refractivity contribution in [3.8, 4) is 45.5 Å². The van der Waals surface area contributed by atoms with Crippen LogP contribution in [0.25, 0.3) is 111 Å². The summed E-state index contributed by atoms with van der Waals surface area (Å²) in [5.74, 6) is 1.76. The standard InChI is InChI=1S/C51H31N5O/c1-3-14-32(15-4-1)49-52-50(54-51(53-49)41-22-13-21-39-37-19-9-12-25-45(37)57-48(39)41)33-26-28-35(29-27-33)56-42-23-10-7-18-36(42)38-30-31-44-46(47(38)56)40-20-8-11-24-43(40)55(44)34-16-5-2-6-17-34/h1-31H. The molecule has 0 fully saturated rings. The van der Waals surface area contributed by atoms with Gasteiger partial charge in [-0.1, -0.05) is 121 Å². The summed E-state index contributed by atoms with van der Waals surface area (Å²) < 4.78 is 11.2. The smallest absolute Gasteiger partial charge is 0.167 e. The van der Waals surface area contributed by atoms with Gasteiger partial charge >= 0.3 is 0 Å². The lowest BCUT2D eigenvalue weighted by Gasteiger charge is -2.12. The van der Waals surface area contributed by atoms with E-state index in [1.54, 1.807) is 0 Å². The summed E-state index contributed by atoms with van der Waals surface area (Å²) in [4.78, 5) is 15.2. The summed E-state index contributed by atoms with van der Waals surface area (Å²) in [6.07, 6.45) is 0. The van der Waals surface area contributed by atoms with Crippen molar-refractivity contribution in [3.63, 3.8) is 0 Å². The Hall–Kier alpha value is -7.83. The fourth-order valence-corrected chi connectivity index (χ4v) is 8.66. The van der Waals surface area contributed by atoms with E-state index in [2.05, 4.69) is 137 Å². The van der Waals surface area contributed by atoms with Crippen molar-refractivity contribution in [2.24, 2.45) is 0 Å². The first-order valence-corrected chi connectivity index (χ1v) is 19.1. The molecule has 0 aliphatic carbocycles. The maximum Gasteiger partial charge on any atom is 0.167 e. The topological polar surface area (TPSA) is 61.7 Å². The van der Waals surface area contributed by atoms with Crippen LogP contribution < -0.4 is 0 Å². The first-order valence-electron chi connectivity index (χ1n) is 19.1. The molecule has 0 atom stereocenters. The number of fused-ring (bicyclic) bond motifs is 10. The van der Waals surface area contributed by atoms with E-state index in [1.807, 2.05) is 60.7 Å². The molecule has 266 valence electrons. The second kappa shape index (κ2) is 12.3. The van der Waals surface area contributed by atoms with Gasteiger partial charge < -0.3 is 13.6 Å². The van der Waals surface area contributed by atoms with Gasteiger partial charge in [0.05, 0.1) is 27.6 Å². The summed E-state index contributed by atoms with van der Waals surface area (Å²) in [5.41, 5.74) is 11.1. The fraction of sp³-hybridized carbons (Fsp3) is 0. The molecule has 8 aromatic carbocycles. The zero-order chi connectivity index (χ0) is 37.5. The molecule has 0 aliphatic rings. The van der Waals surface area contributed by atoms with Crippen molar-refractivity contribution in [2.45, 2.75) is 0 Å². The van der Waals surface area contributed by atoms with Crippen LogP contribution in [0.5, 0.6) is 0 Å². The van der Waals surface area contributed by atoms with Crippen LogP contribution in [0, 0.1) is 0 Å². The molecule has 0 bridgehead atoms. The Morgan fingerprint density at radius 3 is 1.70 bits per heavy atom. The van der Waals surface area contributed by atoms with Gasteiger partial charge in [-0.3, -0.25) is 0 Å². The number of para-hydroxylation sites is 5. The van der Waals surface area contributed by atoms with Gasteiger partial charge in [0, 0.05) is 54.8 Å². The van der Waals surface area contributed by atoms with Crippen LogP contribution in [0.4, 0.5) is 0 Å². The molecule has 0 N–H and O–H groups in total. The molecule has 0 unspecified atom stereocenters. The lowest BCUT2D eigenvalue weighted by Crippen LogP contribution is -2.01. The third-order valence-electron chi connectivity index (χ3n) is 11.2. The minimum absolute atomic E-state index is 0.562. The summed E-state index contributed by atoms with van der Waals surface area (Å²) in [5, 5.41) is 6.96. The van der Waals surface area contributed by atoms with Crippen molar-refractivity contribution in [3.05, 3.63) is 188 Å².